The third-order valence-corrected chi connectivity index (χ3v) is 8.06. The highest BCUT2D eigenvalue weighted by atomic mass is 35.5. The summed E-state index contributed by atoms with van der Waals surface area (Å²) in [6.45, 7) is 1.35. The third-order valence-electron chi connectivity index (χ3n) is 6.18. The molecule has 2 aromatic rings. The van der Waals surface area contributed by atoms with E-state index in [1.165, 1.54) is 23.1 Å². The van der Waals surface area contributed by atoms with Gasteiger partial charge in [0.05, 0.1) is 22.0 Å². The van der Waals surface area contributed by atoms with Crippen LogP contribution >= 0.6 is 23.2 Å². The summed E-state index contributed by atoms with van der Waals surface area (Å²) in [6, 6.07) is 13.0. The van der Waals surface area contributed by atoms with E-state index in [4.69, 9.17) is 23.2 Å². The highest BCUT2D eigenvalue weighted by Crippen LogP contribution is 2.28. The monoisotopic (exact) mass is 539 g/mol. The van der Waals surface area contributed by atoms with Crippen LogP contribution in [-0.4, -0.2) is 50.0 Å². The van der Waals surface area contributed by atoms with E-state index < -0.39 is 28.5 Å². The number of sulfonamides is 1. The molecule has 10 heteroatoms. The summed E-state index contributed by atoms with van der Waals surface area (Å²) in [5.74, 6) is -0.752. The zero-order valence-electron chi connectivity index (χ0n) is 19.9. The molecule has 1 saturated carbocycles. The zero-order valence-corrected chi connectivity index (χ0v) is 22.2. The number of carbonyl (C=O) groups is 2. The van der Waals surface area contributed by atoms with Crippen molar-refractivity contribution in [3.8, 4) is 0 Å². The maximum atomic E-state index is 13.5. The number of benzene rings is 2. The Morgan fingerprint density at radius 2 is 1.69 bits per heavy atom. The Morgan fingerprint density at radius 3 is 2.29 bits per heavy atom. The Balaban J connectivity index is 1.86. The fourth-order valence-corrected chi connectivity index (χ4v) is 5.32. The van der Waals surface area contributed by atoms with Crippen molar-refractivity contribution in [1.82, 2.24) is 10.2 Å². The molecule has 2 amide bonds. The maximum absolute atomic E-state index is 13.5. The predicted molar refractivity (Wildman–Crippen MR) is 140 cm³/mol. The Kier molecular flexibility index (Phi) is 9.44. The average Bonchev–Trinajstić information content (AvgIpc) is 2.83. The van der Waals surface area contributed by atoms with Gasteiger partial charge in [-0.05, 0) is 43.5 Å². The van der Waals surface area contributed by atoms with Crippen molar-refractivity contribution in [2.24, 2.45) is 0 Å². The third kappa shape index (κ3) is 7.59. The number of nitrogens with zero attached hydrogens (tertiary/aromatic N) is 2. The molecule has 1 fully saturated rings. The van der Waals surface area contributed by atoms with Crippen LogP contribution in [0, 0.1) is 0 Å². The Labute approximate surface area is 217 Å². The molecule has 0 saturated heterocycles. The van der Waals surface area contributed by atoms with Crippen LogP contribution < -0.4 is 9.62 Å². The van der Waals surface area contributed by atoms with Gasteiger partial charge in [0, 0.05) is 12.6 Å². The molecule has 0 heterocycles. The highest BCUT2D eigenvalue weighted by Gasteiger charge is 2.31. The van der Waals surface area contributed by atoms with Gasteiger partial charge in [-0.2, -0.15) is 0 Å². The van der Waals surface area contributed by atoms with Gasteiger partial charge in [-0.1, -0.05) is 72.8 Å². The van der Waals surface area contributed by atoms with Crippen molar-refractivity contribution in [1.29, 1.82) is 0 Å². The number of hydrogen-bond donors (Lipinski definition) is 1. The first-order valence-electron chi connectivity index (χ1n) is 11.6. The second kappa shape index (κ2) is 12.1. The number of carbonyl (C=O) groups excluding carboxylic acids is 2. The van der Waals surface area contributed by atoms with E-state index in [1.54, 1.807) is 6.92 Å². The van der Waals surface area contributed by atoms with Gasteiger partial charge in [0.2, 0.25) is 21.8 Å². The minimum Gasteiger partial charge on any atom is -0.352 e. The van der Waals surface area contributed by atoms with Crippen LogP contribution in [0.25, 0.3) is 0 Å². The SMILES string of the molecule is CC(C(=O)NC1CCCCC1)N(Cc1ccccc1)C(=O)CN(c1ccc(Cl)c(Cl)c1)S(C)(=O)=O. The van der Waals surface area contributed by atoms with E-state index in [9.17, 15) is 18.0 Å². The predicted octanol–water partition coefficient (Wildman–Crippen LogP) is 4.63. The first-order chi connectivity index (χ1) is 16.6. The Morgan fingerprint density at radius 1 is 1.03 bits per heavy atom. The van der Waals surface area contributed by atoms with Gasteiger partial charge in [-0.25, -0.2) is 8.42 Å². The molecule has 3 rings (SSSR count). The molecule has 0 spiro atoms. The summed E-state index contributed by atoms with van der Waals surface area (Å²) in [5.41, 5.74) is 1.05. The van der Waals surface area contributed by atoms with Crippen molar-refractivity contribution < 1.29 is 18.0 Å². The van der Waals surface area contributed by atoms with Crippen molar-refractivity contribution in [3.05, 3.63) is 64.1 Å². The van der Waals surface area contributed by atoms with Crippen molar-refractivity contribution >= 4 is 50.7 Å². The lowest BCUT2D eigenvalue weighted by atomic mass is 9.95. The van der Waals surface area contributed by atoms with E-state index in [2.05, 4.69) is 5.32 Å². The fraction of sp³-hybridized carbons (Fsp3) is 0.440. The second-order valence-electron chi connectivity index (χ2n) is 8.89. The lowest BCUT2D eigenvalue weighted by Crippen LogP contribution is -2.52. The molecule has 0 bridgehead atoms. The number of nitrogens with one attached hydrogen (secondary N) is 1. The molecule has 7 nitrogen and oxygen atoms in total. The standard InChI is InChI=1S/C25H31Cl2N3O4S/c1-18(25(32)28-20-11-7-4-8-12-20)29(16-19-9-5-3-6-10-19)24(31)17-30(35(2,33)34)21-13-14-22(26)23(27)15-21/h3,5-6,9-10,13-15,18,20H,4,7-8,11-12,16-17H2,1-2H3,(H,28,32). The van der Waals surface area contributed by atoms with Gasteiger partial charge in [-0.15, -0.1) is 0 Å². The molecule has 0 aromatic heterocycles. The minimum absolute atomic E-state index is 0.0936. The molecular formula is C25H31Cl2N3O4S. The van der Waals surface area contributed by atoms with Gasteiger partial charge < -0.3 is 10.2 Å². The van der Waals surface area contributed by atoms with E-state index in [1.807, 2.05) is 30.3 Å². The number of hydrogen-bond acceptors (Lipinski definition) is 4. The molecule has 1 aliphatic rings. The zero-order chi connectivity index (χ0) is 25.6. The maximum Gasteiger partial charge on any atom is 0.244 e. The Hall–Kier alpha value is -2.29. The summed E-state index contributed by atoms with van der Waals surface area (Å²) in [4.78, 5) is 28.1. The number of amides is 2. The highest BCUT2D eigenvalue weighted by molar-refractivity contribution is 7.92. The summed E-state index contributed by atoms with van der Waals surface area (Å²) >= 11 is 12.1. The first kappa shape index (κ1) is 27.3. The summed E-state index contributed by atoms with van der Waals surface area (Å²) in [7, 11) is -3.83. The minimum atomic E-state index is -3.83. The summed E-state index contributed by atoms with van der Waals surface area (Å²) in [6.07, 6.45) is 6.16. The van der Waals surface area contributed by atoms with Crippen LogP contribution in [0.4, 0.5) is 5.69 Å². The first-order valence-corrected chi connectivity index (χ1v) is 14.2. The normalized spacial score (nSPS) is 15.3. The molecule has 190 valence electrons. The van der Waals surface area contributed by atoms with Crippen molar-refractivity contribution in [2.45, 2.75) is 57.7 Å². The quantitative estimate of drug-likeness (QED) is 0.503. The molecule has 35 heavy (non-hydrogen) atoms. The topological polar surface area (TPSA) is 86.8 Å². The molecule has 2 aromatic carbocycles. The molecule has 1 aliphatic carbocycles. The van der Waals surface area contributed by atoms with Gasteiger partial charge in [0.1, 0.15) is 12.6 Å². The molecule has 1 unspecified atom stereocenters. The summed E-state index contributed by atoms with van der Waals surface area (Å²) < 4.78 is 26.2. The van der Waals surface area contributed by atoms with Crippen molar-refractivity contribution in [3.63, 3.8) is 0 Å². The van der Waals surface area contributed by atoms with Gasteiger partial charge in [0.15, 0.2) is 0 Å². The van der Waals surface area contributed by atoms with E-state index in [0.717, 1.165) is 48.2 Å². The van der Waals surface area contributed by atoms with Gasteiger partial charge in [-0.3, -0.25) is 13.9 Å². The average molecular weight is 541 g/mol. The van der Waals surface area contributed by atoms with E-state index in [-0.39, 0.29) is 34.2 Å². The molecule has 0 aliphatic heterocycles. The van der Waals surface area contributed by atoms with E-state index >= 15 is 0 Å². The molecule has 1 N–H and O–H groups in total. The smallest absolute Gasteiger partial charge is 0.244 e. The second-order valence-corrected chi connectivity index (χ2v) is 11.6. The molecule has 1 atom stereocenters. The number of rotatable bonds is 9. The van der Waals surface area contributed by atoms with Gasteiger partial charge in [0.25, 0.3) is 0 Å². The Bertz CT molecular complexity index is 1140. The van der Waals surface area contributed by atoms with Crippen molar-refractivity contribution in [2.75, 3.05) is 17.1 Å². The lowest BCUT2D eigenvalue weighted by molar-refractivity contribution is -0.139. The van der Waals surface area contributed by atoms with Crippen LogP contribution in [0.15, 0.2) is 48.5 Å². The van der Waals surface area contributed by atoms with Crippen LogP contribution in [0.2, 0.25) is 10.0 Å². The molecule has 0 radical (unpaired) electrons. The lowest BCUT2D eigenvalue weighted by Gasteiger charge is -2.33. The van der Waals surface area contributed by atoms with Crippen LogP contribution in [0.3, 0.4) is 0 Å². The van der Waals surface area contributed by atoms with Gasteiger partial charge >= 0.3 is 0 Å². The largest absolute Gasteiger partial charge is 0.352 e. The number of halogens is 2. The van der Waals surface area contributed by atoms with E-state index in [0.29, 0.717) is 0 Å². The fourth-order valence-electron chi connectivity index (χ4n) is 4.19. The van der Waals surface area contributed by atoms with Crippen LogP contribution in [-0.2, 0) is 26.2 Å². The summed E-state index contributed by atoms with van der Waals surface area (Å²) in [5, 5.41) is 3.52. The molecular weight excluding hydrogens is 509 g/mol. The number of anilines is 1. The van der Waals surface area contributed by atoms with Crippen LogP contribution in [0.5, 0.6) is 0 Å². The van der Waals surface area contributed by atoms with Crippen LogP contribution in [0.1, 0.15) is 44.6 Å².